The van der Waals surface area contributed by atoms with Crippen LogP contribution in [0.25, 0.3) is 0 Å². The maximum absolute atomic E-state index is 7.00. The molecule has 3 nitrogen and oxygen atoms in total. The van der Waals surface area contributed by atoms with Crippen LogP contribution >= 0.6 is 0 Å². The van der Waals surface area contributed by atoms with Crippen molar-refractivity contribution in [3.8, 4) is 0 Å². The van der Waals surface area contributed by atoms with Gasteiger partial charge in [0.1, 0.15) is 0 Å². The summed E-state index contributed by atoms with van der Waals surface area (Å²) in [4.78, 5) is 0. The molecule has 0 aliphatic rings. The fourth-order valence-electron chi connectivity index (χ4n) is 0. The summed E-state index contributed by atoms with van der Waals surface area (Å²) in [7, 11) is 3.00. The number of hydrogen-bond acceptors (Lipinski definition) is 3. The average Bonchev–Trinajstić information content (AvgIpc) is 2.01. The van der Waals surface area contributed by atoms with Crippen LogP contribution in [0.2, 0.25) is 0 Å². The molecule has 0 unspecified atom stereocenters. The summed E-state index contributed by atoms with van der Waals surface area (Å²) >= 11 is 0. The van der Waals surface area contributed by atoms with E-state index in [2.05, 4.69) is 0 Å². The number of rotatable bonds is 0. The van der Waals surface area contributed by atoms with Crippen LogP contribution in [0.5, 0.6) is 0 Å². The van der Waals surface area contributed by atoms with Crippen molar-refractivity contribution in [2.24, 2.45) is 0 Å². The van der Waals surface area contributed by atoms with Crippen molar-refractivity contribution < 1.29 is 37.0 Å². The second-order valence-corrected chi connectivity index (χ2v) is 0.577. The molecule has 0 atom stereocenters. The van der Waals surface area contributed by atoms with Gasteiger partial charge in [0.05, 0.1) is 0 Å². The van der Waals surface area contributed by atoms with Crippen LogP contribution < -0.4 is 0 Å². The zero-order chi connectivity index (χ0) is 8.71. The van der Waals surface area contributed by atoms with E-state index in [0.29, 0.717) is 0 Å². The third-order valence-corrected chi connectivity index (χ3v) is 0. The summed E-state index contributed by atoms with van der Waals surface area (Å²) in [6.07, 6.45) is 2.00. The van der Waals surface area contributed by atoms with E-state index in [9.17, 15) is 0 Å². The zero-order valence-corrected chi connectivity index (χ0v) is 8.98. The van der Waals surface area contributed by atoms with Gasteiger partial charge in [-0.3, -0.25) is 0 Å². The number of aliphatic hydroxyl groups excluding tert-OH is 3. The molecule has 0 heterocycles. The van der Waals surface area contributed by atoms with E-state index in [1.807, 2.05) is 20.3 Å². The molecule has 0 amide bonds. The van der Waals surface area contributed by atoms with Crippen LogP contribution in [0, 0.1) is 6.42 Å². The average molecular weight is 187 g/mol. The molecular weight excluding hydrogens is 168 g/mol. The molecule has 0 bridgehead atoms. The molecular formula is C6H19O3Ti-. The maximum atomic E-state index is 7.00. The van der Waals surface area contributed by atoms with Gasteiger partial charge in [-0.25, -0.2) is 0 Å². The smallest absolute Gasteiger partial charge is 0.0319 e. The van der Waals surface area contributed by atoms with Crippen molar-refractivity contribution in [3.63, 3.8) is 0 Å². The standard InChI is InChI=1S/C3H7.3CH4O.Ti/c1-3-2;3*1-2;/h3H,1-2H3;3*2H,1H3;/q-1;;;;. The van der Waals surface area contributed by atoms with Gasteiger partial charge in [-0.15, -0.1) is 0 Å². The van der Waals surface area contributed by atoms with Gasteiger partial charge < -0.3 is 21.7 Å². The van der Waals surface area contributed by atoms with Gasteiger partial charge >= 0.3 is 0 Å². The Balaban J connectivity index is -0.0000000110. The minimum atomic E-state index is 0. The minimum absolute atomic E-state index is 0. The molecule has 4 heteroatoms. The van der Waals surface area contributed by atoms with E-state index in [1.165, 1.54) is 0 Å². The van der Waals surface area contributed by atoms with E-state index >= 15 is 0 Å². The molecule has 0 fully saturated rings. The van der Waals surface area contributed by atoms with E-state index < -0.39 is 0 Å². The van der Waals surface area contributed by atoms with Crippen molar-refractivity contribution in [3.05, 3.63) is 6.42 Å². The normalized spacial score (nSPS) is 3.60. The van der Waals surface area contributed by atoms with Crippen molar-refractivity contribution in [1.82, 2.24) is 0 Å². The Labute approximate surface area is 79.0 Å². The molecule has 0 aromatic heterocycles. The monoisotopic (exact) mass is 187 g/mol. The summed E-state index contributed by atoms with van der Waals surface area (Å²) in [5.41, 5.74) is 0. The Hall–Kier alpha value is 0.594. The third kappa shape index (κ3) is 1400. The van der Waals surface area contributed by atoms with Gasteiger partial charge in [0.2, 0.25) is 0 Å². The Morgan fingerprint density at radius 3 is 0.700 bits per heavy atom. The van der Waals surface area contributed by atoms with E-state index in [1.54, 1.807) is 0 Å². The van der Waals surface area contributed by atoms with Gasteiger partial charge in [-0.2, -0.15) is 13.8 Å². The van der Waals surface area contributed by atoms with Crippen molar-refractivity contribution in [2.75, 3.05) is 21.3 Å². The van der Waals surface area contributed by atoms with Crippen LogP contribution in [0.4, 0.5) is 0 Å². The SMILES string of the molecule is CO.CO.CO.C[CH-]C.[Ti]. The molecule has 0 saturated heterocycles. The van der Waals surface area contributed by atoms with Crippen LogP contribution in [0.15, 0.2) is 0 Å². The van der Waals surface area contributed by atoms with Crippen LogP contribution in [0.3, 0.4) is 0 Å². The molecule has 0 radical (unpaired) electrons. The fraction of sp³-hybridized carbons (Fsp3) is 0.833. The molecule has 3 N–H and O–H groups in total. The fourth-order valence-corrected chi connectivity index (χ4v) is 0. The second-order valence-electron chi connectivity index (χ2n) is 0.577. The Bertz CT molecular complexity index is 13.0. The van der Waals surface area contributed by atoms with Crippen LogP contribution in [-0.4, -0.2) is 36.6 Å². The summed E-state index contributed by atoms with van der Waals surface area (Å²) in [6, 6.07) is 0. The van der Waals surface area contributed by atoms with Crippen molar-refractivity contribution in [1.29, 1.82) is 0 Å². The molecule has 0 aliphatic carbocycles. The Kier molecular flexibility index (Phi) is 869. The molecule has 0 spiro atoms. The summed E-state index contributed by atoms with van der Waals surface area (Å²) < 4.78 is 0. The number of hydrogen-bond donors (Lipinski definition) is 3. The first-order valence-corrected chi connectivity index (χ1v) is 2.50. The van der Waals surface area contributed by atoms with Gasteiger partial charge in [-0.1, -0.05) is 0 Å². The molecule has 10 heavy (non-hydrogen) atoms. The topological polar surface area (TPSA) is 60.7 Å². The van der Waals surface area contributed by atoms with Crippen molar-refractivity contribution >= 4 is 0 Å². The second kappa shape index (κ2) is 279. The molecule has 0 aromatic rings. The first-order chi connectivity index (χ1) is 4.41. The van der Waals surface area contributed by atoms with Crippen LogP contribution in [0.1, 0.15) is 13.8 Å². The predicted octanol–water partition coefficient (Wildman–Crippen LogP) is 0.0535. The Morgan fingerprint density at radius 1 is 0.700 bits per heavy atom. The molecule has 0 aliphatic heterocycles. The van der Waals surface area contributed by atoms with E-state index in [-0.39, 0.29) is 21.7 Å². The first-order valence-electron chi connectivity index (χ1n) is 2.50. The quantitative estimate of drug-likeness (QED) is 0.371. The molecule has 0 rings (SSSR count). The molecule has 66 valence electrons. The van der Waals surface area contributed by atoms with Gasteiger partial charge in [0.15, 0.2) is 0 Å². The molecule has 0 aromatic carbocycles. The third-order valence-electron chi connectivity index (χ3n) is 0. The van der Waals surface area contributed by atoms with Crippen LogP contribution in [-0.2, 0) is 21.7 Å². The maximum Gasteiger partial charge on any atom is 0.0319 e. The van der Waals surface area contributed by atoms with Gasteiger partial charge in [0.25, 0.3) is 0 Å². The number of aliphatic hydroxyl groups is 3. The van der Waals surface area contributed by atoms with Crippen molar-refractivity contribution in [2.45, 2.75) is 13.8 Å². The molecule has 0 saturated carbocycles. The predicted molar refractivity (Wildman–Crippen MR) is 40.1 cm³/mol. The Morgan fingerprint density at radius 2 is 0.700 bits per heavy atom. The largest absolute Gasteiger partial charge is 0.400 e. The summed E-state index contributed by atoms with van der Waals surface area (Å²) in [6.45, 7) is 4.00. The minimum Gasteiger partial charge on any atom is -0.400 e. The summed E-state index contributed by atoms with van der Waals surface area (Å²) in [5, 5.41) is 21.0. The van der Waals surface area contributed by atoms with E-state index in [4.69, 9.17) is 15.3 Å². The zero-order valence-electron chi connectivity index (χ0n) is 7.42. The van der Waals surface area contributed by atoms with E-state index in [0.717, 1.165) is 21.3 Å². The first kappa shape index (κ1) is 31.2. The van der Waals surface area contributed by atoms with Gasteiger partial charge in [-0.05, 0) is 0 Å². The summed E-state index contributed by atoms with van der Waals surface area (Å²) in [5.74, 6) is 0. The van der Waals surface area contributed by atoms with Gasteiger partial charge in [0, 0.05) is 43.0 Å².